The van der Waals surface area contributed by atoms with Crippen LogP contribution in [0, 0.1) is 0 Å². The van der Waals surface area contributed by atoms with Gasteiger partial charge in [0.05, 0.1) is 11.4 Å². The van der Waals surface area contributed by atoms with E-state index in [1.54, 1.807) is 12.1 Å². The number of hydrogen-bond donors (Lipinski definition) is 2. The molecule has 0 bridgehead atoms. The van der Waals surface area contributed by atoms with Crippen LogP contribution in [0.1, 0.15) is 37.3 Å². The number of aryl methyl sites for hydroxylation is 1. The third-order valence-corrected chi connectivity index (χ3v) is 7.15. The Hall–Kier alpha value is -2.88. The van der Waals surface area contributed by atoms with Crippen molar-refractivity contribution in [2.24, 2.45) is 5.73 Å². The summed E-state index contributed by atoms with van der Waals surface area (Å²) in [6.07, 6.45) is 3.54. The van der Waals surface area contributed by atoms with Gasteiger partial charge >= 0.3 is 16.6 Å². The molecule has 2 amide bonds. The number of alkyl halides is 2. The van der Waals surface area contributed by atoms with Gasteiger partial charge in [0.1, 0.15) is 18.9 Å². The number of esters is 1. The van der Waals surface area contributed by atoms with E-state index >= 15 is 0 Å². The third-order valence-electron chi connectivity index (χ3n) is 6.68. The molecule has 0 saturated carbocycles. The van der Waals surface area contributed by atoms with Crippen LogP contribution < -0.4 is 25.7 Å². The normalized spacial score (nSPS) is 18.8. The van der Waals surface area contributed by atoms with E-state index < -0.39 is 16.6 Å². The maximum atomic E-state index is 13.1. The fourth-order valence-electron chi connectivity index (χ4n) is 4.59. The maximum absolute atomic E-state index is 13.1. The molecule has 2 aliphatic heterocycles. The Morgan fingerprint density at radius 1 is 1.22 bits per heavy atom. The molecule has 2 heterocycles. The summed E-state index contributed by atoms with van der Waals surface area (Å²) in [5, 5.41) is 5.23. The number of halogens is 2. The Bertz CT molecular complexity index is 1130. The van der Waals surface area contributed by atoms with Crippen molar-refractivity contribution in [3.05, 3.63) is 53.6 Å². The zero-order valence-corrected chi connectivity index (χ0v) is 22.6. The number of nitrogens with zero attached hydrogens (tertiary/aromatic N) is 3. The first-order valence-electron chi connectivity index (χ1n) is 12.4. The van der Waals surface area contributed by atoms with Crippen LogP contribution >= 0.6 is 23.2 Å². The van der Waals surface area contributed by atoms with Crippen molar-refractivity contribution in [3.8, 4) is 5.75 Å². The SMILES string of the molecule is CC1CCc2cccc(OCc3ccccc3N3N(C(=O)NCCCCN)CC(=O)OC3(Cl)Cl)c2N1C. The summed E-state index contributed by atoms with van der Waals surface area (Å²) in [4.78, 5) is 27.6. The second kappa shape index (κ2) is 11.7. The van der Waals surface area contributed by atoms with Crippen LogP contribution in [0.15, 0.2) is 42.5 Å². The minimum absolute atomic E-state index is 0.176. The molecule has 2 aromatic carbocycles. The quantitative estimate of drug-likeness (QED) is 0.221. The van der Waals surface area contributed by atoms with Crippen molar-refractivity contribution in [2.75, 3.05) is 36.6 Å². The summed E-state index contributed by atoms with van der Waals surface area (Å²) < 4.78 is 9.40. The van der Waals surface area contributed by atoms with Gasteiger partial charge in [-0.05, 0) is 80.0 Å². The fraction of sp³-hybridized carbons (Fsp3) is 0.462. The monoisotopic (exact) mass is 549 g/mol. The number of nitrogens with one attached hydrogen (secondary N) is 1. The number of hydrazine groups is 1. The number of unbranched alkanes of at least 4 members (excludes halogenated alkanes) is 1. The number of fused-ring (bicyclic) bond motifs is 1. The zero-order valence-electron chi connectivity index (χ0n) is 21.1. The summed E-state index contributed by atoms with van der Waals surface area (Å²) in [5.41, 5.74) is 9.04. The summed E-state index contributed by atoms with van der Waals surface area (Å²) in [7, 11) is 2.07. The van der Waals surface area contributed by atoms with Crippen LogP contribution in [0.3, 0.4) is 0 Å². The number of carbonyl (C=O) groups excluding carboxylic acids is 2. The zero-order chi connectivity index (χ0) is 26.6. The Labute approximate surface area is 227 Å². The number of hydrogen-bond acceptors (Lipinski definition) is 7. The van der Waals surface area contributed by atoms with Crippen molar-refractivity contribution in [3.63, 3.8) is 0 Å². The van der Waals surface area contributed by atoms with E-state index in [2.05, 4.69) is 30.3 Å². The molecule has 37 heavy (non-hydrogen) atoms. The Morgan fingerprint density at radius 3 is 2.78 bits per heavy atom. The molecule has 1 unspecified atom stereocenters. The highest BCUT2D eigenvalue weighted by atomic mass is 35.5. The number of rotatable bonds is 8. The van der Waals surface area contributed by atoms with Gasteiger partial charge in [0.25, 0.3) is 0 Å². The number of carbonyl (C=O) groups is 2. The highest BCUT2D eigenvalue weighted by molar-refractivity contribution is 6.49. The fourth-order valence-corrected chi connectivity index (χ4v) is 5.13. The second-order valence-electron chi connectivity index (χ2n) is 9.24. The summed E-state index contributed by atoms with van der Waals surface area (Å²) in [5.74, 6) is 0.0455. The van der Waals surface area contributed by atoms with Gasteiger partial charge in [-0.3, -0.25) is 0 Å². The van der Waals surface area contributed by atoms with Crippen molar-refractivity contribution in [1.82, 2.24) is 10.3 Å². The van der Waals surface area contributed by atoms with Gasteiger partial charge in [-0.25, -0.2) is 19.6 Å². The number of cyclic esters (lactones) is 1. The Kier molecular flexibility index (Phi) is 8.56. The first-order valence-corrected chi connectivity index (χ1v) is 13.2. The van der Waals surface area contributed by atoms with Gasteiger partial charge < -0.3 is 25.4 Å². The van der Waals surface area contributed by atoms with Gasteiger partial charge in [-0.1, -0.05) is 30.3 Å². The molecule has 2 aromatic rings. The number of benzene rings is 2. The standard InChI is InChI=1S/C26H33Cl2N5O4/c1-18-12-13-19-9-7-11-22(24(19)31(18)2)36-17-20-8-3-4-10-21(20)33-26(27,28)37-23(34)16-32(33)25(35)30-15-6-5-14-29/h3-4,7-11,18H,5-6,12-17,29H2,1-2H3,(H,30,35). The lowest BCUT2D eigenvalue weighted by atomic mass is 9.97. The smallest absolute Gasteiger partial charge is 0.363 e. The van der Waals surface area contributed by atoms with Crippen molar-refractivity contribution < 1.29 is 19.1 Å². The molecular formula is C26H33Cl2N5O4. The number of amides is 2. The highest BCUT2D eigenvalue weighted by Crippen LogP contribution is 2.41. The number of anilines is 2. The van der Waals surface area contributed by atoms with E-state index in [-0.39, 0.29) is 13.2 Å². The largest absolute Gasteiger partial charge is 0.487 e. The van der Waals surface area contributed by atoms with E-state index in [4.69, 9.17) is 38.4 Å². The van der Waals surface area contributed by atoms with E-state index in [0.717, 1.165) is 35.7 Å². The van der Waals surface area contributed by atoms with E-state index in [1.165, 1.54) is 10.6 Å². The van der Waals surface area contributed by atoms with Crippen LogP contribution in [0.5, 0.6) is 5.75 Å². The van der Waals surface area contributed by atoms with Crippen LogP contribution in [0.2, 0.25) is 0 Å². The molecule has 11 heteroatoms. The molecule has 200 valence electrons. The Balaban J connectivity index is 1.61. The molecule has 0 radical (unpaired) electrons. The molecule has 0 spiro atoms. The van der Waals surface area contributed by atoms with Crippen LogP contribution in [0.4, 0.5) is 16.2 Å². The van der Waals surface area contributed by atoms with Crippen LogP contribution in [0.25, 0.3) is 0 Å². The molecule has 9 nitrogen and oxygen atoms in total. The lowest BCUT2D eigenvalue weighted by Crippen LogP contribution is -2.64. The van der Waals surface area contributed by atoms with Crippen molar-refractivity contribution in [1.29, 1.82) is 0 Å². The van der Waals surface area contributed by atoms with Gasteiger partial charge in [0.2, 0.25) is 0 Å². The summed E-state index contributed by atoms with van der Waals surface area (Å²) >= 11 is 12.9. The number of nitrogens with two attached hydrogens (primary N) is 1. The molecule has 4 rings (SSSR count). The first-order chi connectivity index (χ1) is 17.7. The maximum Gasteiger partial charge on any atom is 0.363 e. The predicted molar refractivity (Wildman–Crippen MR) is 145 cm³/mol. The topological polar surface area (TPSA) is 100 Å². The minimum atomic E-state index is -2.14. The summed E-state index contributed by atoms with van der Waals surface area (Å²) in [6.45, 7) is 2.94. The molecular weight excluding hydrogens is 517 g/mol. The van der Waals surface area contributed by atoms with E-state index in [0.29, 0.717) is 36.8 Å². The average molecular weight is 550 g/mol. The first kappa shape index (κ1) is 27.2. The Morgan fingerprint density at radius 2 is 2.00 bits per heavy atom. The molecule has 0 aliphatic carbocycles. The molecule has 1 fully saturated rings. The second-order valence-corrected chi connectivity index (χ2v) is 10.5. The van der Waals surface area contributed by atoms with E-state index in [1.807, 2.05) is 24.3 Å². The highest BCUT2D eigenvalue weighted by Gasteiger charge is 2.48. The van der Waals surface area contributed by atoms with Gasteiger partial charge in [0.15, 0.2) is 0 Å². The lowest BCUT2D eigenvalue weighted by Gasteiger charge is -2.45. The number of urea groups is 1. The van der Waals surface area contributed by atoms with Crippen molar-refractivity contribution >= 4 is 46.6 Å². The molecule has 3 N–H and O–H groups in total. The minimum Gasteiger partial charge on any atom is -0.487 e. The molecule has 0 aromatic heterocycles. The molecule has 1 atom stereocenters. The van der Waals surface area contributed by atoms with Crippen molar-refractivity contribution in [2.45, 2.75) is 49.9 Å². The lowest BCUT2D eigenvalue weighted by molar-refractivity contribution is -0.156. The number of para-hydroxylation sites is 2. The summed E-state index contributed by atoms with van der Waals surface area (Å²) in [6, 6.07) is 13.2. The number of ether oxygens (including phenoxy) is 2. The van der Waals surface area contributed by atoms with Gasteiger partial charge in [-0.15, -0.1) is 0 Å². The van der Waals surface area contributed by atoms with Crippen LogP contribution in [-0.2, 0) is 22.6 Å². The van der Waals surface area contributed by atoms with E-state index in [9.17, 15) is 9.59 Å². The third kappa shape index (κ3) is 6.00. The predicted octanol–water partition coefficient (Wildman–Crippen LogP) is 4.15. The van der Waals surface area contributed by atoms with Gasteiger partial charge in [0, 0.05) is 25.2 Å². The van der Waals surface area contributed by atoms with Crippen LogP contribution in [-0.4, -0.2) is 54.4 Å². The molecule has 1 saturated heterocycles. The average Bonchev–Trinajstić information content (AvgIpc) is 2.86. The van der Waals surface area contributed by atoms with Gasteiger partial charge in [-0.2, -0.15) is 0 Å². The molecule has 2 aliphatic rings.